The first-order valence-electron chi connectivity index (χ1n) is 6.75. The number of nitrogens with zero attached hydrogens (tertiary/aromatic N) is 7. The number of hydrogen-bond donors (Lipinski definition) is 1. The lowest BCUT2D eigenvalue weighted by molar-refractivity contribution is -0.386. The molecule has 3 aromatic heterocycles. The first kappa shape index (κ1) is 14.6. The van der Waals surface area contributed by atoms with Crippen LogP contribution in [0, 0.1) is 10.1 Å². The normalized spacial score (nSPS) is 10.7. The van der Waals surface area contributed by atoms with E-state index < -0.39 is 4.92 Å². The smallest absolute Gasteiger partial charge is 0.309 e. The number of aryl methyl sites for hydroxylation is 2. The Balaban J connectivity index is 1.90. The third-order valence-electron chi connectivity index (χ3n) is 3.13. The molecule has 0 fully saturated rings. The first-order chi connectivity index (χ1) is 11.0. The van der Waals surface area contributed by atoms with Crippen LogP contribution >= 0.6 is 0 Å². The molecule has 0 unspecified atom stereocenters. The molecule has 3 rings (SSSR count). The quantitative estimate of drug-likeness (QED) is 0.555. The Kier molecular flexibility index (Phi) is 3.71. The van der Waals surface area contributed by atoms with Crippen molar-refractivity contribution in [1.82, 2.24) is 29.5 Å². The first-order valence-corrected chi connectivity index (χ1v) is 6.75. The second-order valence-electron chi connectivity index (χ2n) is 5.01. The van der Waals surface area contributed by atoms with Crippen LogP contribution in [0.15, 0.2) is 31.0 Å². The minimum atomic E-state index is -0.487. The van der Waals surface area contributed by atoms with Crippen molar-refractivity contribution in [3.05, 3.63) is 52.4 Å². The monoisotopic (exact) mass is 314 g/mol. The van der Waals surface area contributed by atoms with Gasteiger partial charge in [-0.1, -0.05) is 0 Å². The van der Waals surface area contributed by atoms with Gasteiger partial charge in [0.2, 0.25) is 5.95 Å². The van der Waals surface area contributed by atoms with Crippen LogP contribution in [0.3, 0.4) is 0 Å². The molecule has 118 valence electrons. The van der Waals surface area contributed by atoms with Crippen LogP contribution in [0.5, 0.6) is 0 Å². The van der Waals surface area contributed by atoms with Gasteiger partial charge in [0.1, 0.15) is 11.9 Å². The standard InChI is InChI=1S/C13H14N8O2/c1-19-7-9(4-15-19)3-11-12(21(22)23)6-14-13(18-11)17-10-5-16-20(2)8-10/h4-8H,3H2,1-2H3,(H,14,17,18). The molecule has 0 saturated heterocycles. The molecule has 3 aromatic rings. The lowest BCUT2D eigenvalue weighted by atomic mass is 10.2. The average Bonchev–Trinajstić information content (AvgIpc) is 3.07. The van der Waals surface area contributed by atoms with Gasteiger partial charge in [0.25, 0.3) is 0 Å². The zero-order valence-corrected chi connectivity index (χ0v) is 12.5. The molecule has 0 aromatic carbocycles. The summed E-state index contributed by atoms with van der Waals surface area (Å²) in [7, 11) is 3.57. The summed E-state index contributed by atoms with van der Waals surface area (Å²) in [6, 6.07) is 0. The molecule has 0 spiro atoms. The summed E-state index contributed by atoms with van der Waals surface area (Å²) in [5.41, 5.74) is 1.74. The van der Waals surface area contributed by atoms with Gasteiger partial charge in [0, 0.05) is 32.9 Å². The summed E-state index contributed by atoms with van der Waals surface area (Å²) in [4.78, 5) is 18.9. The van der Waals surface area contributed by atoms with Crippen molar-refractivity contribution >= 4 is 17.3 Å². The van der Waals surface area contributed by atoms with E-state index in [4.69, 9.17) is 0 Å². The van der Waals surface area contributed by atoms with Crippen molar-refractivity contribution in [2.45, 2.75) is 6.42 Å². The molecular formula is C13H14N8O2. The topological polar surface area (TPSA) is 117 Å². The van der Waals surface area contributed by atoms with Crippen molar-refractivity contribution in [3.8, 4) is 0 Å². The Bertz CT molecular complexity index is 853. The summed E-state index contributed by atoms with van der Waals surface area (Å²) in [6.45, 7) is 0. The van der Waals surface area contributed by atoms with E-state index in [9.17, 15) is 10.1 Å². The van der Waals surface area contributed by atoms with E-state index in [1.54, 1.807) is 48.2 Å². The van der Waals surface area contributed by atoms with Gasteiger partial charge in [-0.15, -0.1) is 0 Å². The predicted molar refractivity (Wildman–Crippen MR) is 81.2 cm³/mol. The maximum absolute atomic E-state index is 11.2. The minimum absolute atomic E-state index is 0.120. The summed E-state index contributed by atoms with van der Waals surface area (Å²) < 4.78 is 3.27. The number of nitrogens with one attached hydrogen (secondary N) is 1. The zero-order valence-electron chi connectivity index (χ0n) is 12.5. The molecule has 0 bridgehead atoms. The van der Waals surface area contributed by atoms with Crippen LogP contribution < -0.4 is 5.32 Å². The lowest BCUT2D eigenvalue weighted by Gasteiger charge is -2.05. The molecule has 10 heteroatoms. The largest absolute Gasteiger partial charge is 0.321 e. The number of anilines is 2. The number of aromatic nitrogens is 6. The van der Waals surface area contributed by atoms with E-state index in [2.05, 4.69) is 25.5 Å². The molecule has 1 N–H and O–H groups in total. The van der Waals surface area contributed by atoms with Gasteiger partial charge in [0.15, 0.2) is 0 Å². The molecule has 0 atom stereocenters. The Morgan fingerprint density at radius 1 is 1.17 bits per heavy atom. The molecule has 0 radical (unpaired) electrons. The Hall–Kier alpha value is -3.30. The van der Waals surface area contributed by atoms with E-state index in [0.29, 0.717) is 17.8 Å². The molecule has 0 amide bonds. The van der Waals surface area contributed by atoms with Gasteiger partial charge in [0.05, 0.1) is 23.0 Å². The van der Waals surface area contributed by atoms with Gasteiger partial charge < -0.3 is 5.32 Å². The SMILES string of the molecule is Cn1cc(Cc2nc(Nc3cnn(C)c3)ncc2[N+](=O)[O-])cn1. The van der Waals surface area contributed by atoms with Crippen molar-refractivity contribution < 1.29 is 4.92 Å². The molecule has 10 nitrogen and oxygen atoms in total. The molecule has 0 aliphatic rings. The third-order valence-corrected chi connectivity index (χ3v) is 3.13. The fraction of sp³-hybridized carbons (Fsp3) is 0.231. The van der Waals surface area contributed by atoms with Crippen LogP contribution in [0.4, 0.5) is 17.3 Å². The van der Waals surface area contributed by atoms with Crippen LogP contribution in [0.1, 0.15) is 11.3 Å². The van der Waals surface area contributed by atoms with Crippen LogP contribution in [0.25, 0.3) is 0 Å². The zero-order chi connectivity index (χ0) is 16.4. The van der Waals surface area contributed by atoms with Gasteiger partial charge in [-0.2, -0.15) is 10.2 Å². The highest BCUT2D eigenvalue weighted by atomic mass is 16.6. The molecule has 3 heterocycles. The van der Waals surface area contributed by atoms with Crippen molar-refractivity contribution in [2.75, 3.05) is 5.32 Å². The summed E-state index contributed by atoms with van der Waals surface area (Å²) in [6.07, 6.45) is 8.32. The predicted octanol–water partition coefficient (Wildman–Crippen LogP) is 1.19. The van der Waals surface area contributed by atoms with E-state index >= 15 is 0 Å². The highest BCUT2D eigenvalue weighted by Gasteiger charge is 2.18. The third kappa shape index (κ3) is 3.31. The highest BCUT2D eigenvalue weighted by Crippen LogP contribution is 2.21. The van der Waals surface area contributed by atoms with E-state index in [1.165, 1.54) is 6.20 Å². The van der Waals surface area contributed by atoms with E-state index in [1.807, 2.05) is 0 Å². The maximum atomic E-state index is 11.2. The molecule has 0 saturated carbocycles. The molecule has 23 heavy (non-hydrogen) atoms. The van der Waals surface area contributed by atoms with Crippen LogP contribution in [-0.4, -0.2) is 34.5 Å². The Labute approximate surface area is 130 Å². The Morgan fingerprint density at radius 2 is 1.91 bits per heavy atom. The van der Waals surface area contributed by atoms with E-state index in [-0.39, 0.29) is 11.6 Å². The van der Waals surface area contributed by atoms with Gasteiger partial charge in [-0.25, -0.2) is 9.97 Å². The van der Waals surface area contributed by atoms with Crippen molar-refractivity contribution in [1.29, 1.82) is 0 Å². The van der Waals surface area contributed by atoms with Crippen LogP contribution in [0.2, 0.25) is 0 Å². The van der Waals surface area contributed by atoms with Gasteiger partial charge >= 0.3 is 5.69 Å². The number of nitro groups is 1. The van der Waals surface area contributed by atoms with Gasteiger partial charge in [-0.3, -0.25) is 19.5 Å². The summed E-state index contributed by atoms with van der Waals surface area (Å²) in [5.74, 6) is 0.280. The van der Waals surface area contributed by atoms with Crippen molar-refractivity contribution in [3.63, 3.8) is 0 Å². The summed E-state index contributed by atoms with van der Waals surface area (Å²) in [5, 5.41) is 22.2. The average molecular weight is 314 g/mol. The molecule has 0 aliphatic heterocycles. The second-order valence-corrected chi connectivity index (χ2v) is 5.01. The maximum Gasteiger partial charge on any atom is 0.309 e. The fourth-order valence-corrected chi connectivity index (χ4v) is 2.12. The number of rotatable bonds is 5. The Morgan fingerprint density at radius 3 is 2.52 bits per heavy atom. The second kappa shape index (κ2) is 5.83. The minimum Gasteiger partial charge on any atom is -0.321 e. The molecular weight excluding hydrogens is 300 g/mol. The van der Waals surface area contributed by atoms with Crippen LogP contribution in [-0.2, 0) is 20.5 Å². The van der Waals surface area contributed by atoms with Crippen molar-refractivity contribution in [2.24, 2.45) is 14.1 Å². The summed E-state index contributed by atoms with van der Waals surface area (Å²) >= 11 is 0. The molecule has 0 aliphatic carbocycles. The fourth-order valence-electron chi connectivity index (χ4n) is 2.12. The number of hydrogen-bond acceptors (Lipinski definition) is 7. The van der Waals surface area contributed by atoms with Gasteiger partial charge in [-0.05, 0) is 5.56 Å². The highest BCUT2D eigenvalue weighted by molar-refractivity contribution is 5.52. The lowest BCUT2D eigenvalue weighted by Crippen LogP contribution is -2.04. The van der Waals surface area contributed by atoms with E-state index in [0.717, 1.165) is 5.56 Å².